The molecule has 20 heavy (non-hydrogen) atoms. The quantitative estimate of drug-likeness (QED) is 0.607. The molecule has 0 atom stereocenters. The van der Waals surface area contributed by atoms with Crippen LogP contribution in [0.1, 0.15) is 19.3 Å². The van der Waals surface area contributed by atoms with Crippen molar-refractivity contribution in [1.82, 2.24) is 14.9 Å². The lowest BCUT2D eigenvalue weighted by Crippen LogP contribution is -2.26. The van der Waals surface area contributed by atoms with Crippen molar-refractivity contribution in [2.75, 3.05) is 0 Å². The highest BCUT2D eigenvalue weighted by Gasteiger charge is 2.23. The van der Waals surface area contributed by atoms with Gasteiger partial charge in [-0.15, -0.1) is 0 Å². The van der Waals surface area contributed by atoms with Gasteiger partial charge in [0.05, 0.1) is 14.6 Å². The van der Waals surface area contributed by atoms with E-state index in [4.69, 9.17) is 12.2 Å². The number of aromatic nitrogens is 2. The maximum Gasteiger partial charge on any atom is 0.222 e. The van der Waals surface area contributed by atoms with Crippen LogP contribution in [0.5, 0.6) is 0 Å². The molecule has 1 aromatic carbocycles. The highest BCUT2D eigenvalue weighted by molar-refractivity contribution is 14.1. The molecule has 0 unspecified atom stereocenters. The number of amides is 1. The number of carbonyl (C=O) groups excluding carboxylic acids is 1. The first-order valence-electron chi connectivity index (χ1n) is 6.41. The summed E-state index contributed by atoms with van der Waals surface area (Å²) in [5.74, 6) is -0.252. The fraction of sp³-hybridized carbons (Fsp3) is 0.385. The third kappa shape index (κ3) is 2.88. The molecule has 3 rings (SSSR count). The van der Waals surface area contributed by atoms with Crippen LogP contribution in [0.3, 0.4) is 0 Å². The summed E-state index contributed by atoms with van der Waals surface area (Å²) in [5, 5.41) is 2.93. The normalized spacial score (nSPS) is 14.7. The molecule has 1 amide bonds. The average molecular weight is 405 g/mol. The number of halogens is 2. The minimum atomic E-state index is -0.275. The molecule has 4 nitrogen and oxygen atoms in total. The summed E-state index contributed by atoms with van der Waals surface area (Å²) in [7, 11) is 0. The summed E-state index contributed by atoms with van der Waals surface area (Å²) in [6.45, 7) is 0.456. The molecule has 2 N–H and O–H groups in total. The van der Waals surface area contributed by atoms with Crippen LogP contribution in [0.2, 0.25) is 0 Å². The first-order chi connectivity index (χ1) is 9.54. The van der Waals surface area contributed by atoms with E-state index < -0.39 is 0 Å². The van der Waals surface area contributed by atoms with Crippen molar-refractivity contribution in [3.05, 3.63) is 26.3 Å². The lowest BCUT2D eigenvalue weighted by atomic mass is 10.3. The van der Waals surface area contributed by atoms with Gasteiger partial charge in [-0.05, 0) is 53.7 Å². The molecule has 0 aliphatic heterocycles. The number of H-pyrrole nitrogens is 1. The molecule has 0 spiro atoms. The summed E-state index contributed by atoms with van der Waals surface area (Å²) in [4.78, 5) is 14.8. The molecule has 1 aliphatic rings. The minimum absolute atomic E-state index is 0.0229. The number of rotatable bonds is 4. The molecule has 2 aromatic rings. The Morgan fingerprint density at radius 3 is 3.00 bits per heavy atom. The zero-order valence-corrected chi connectivity index (χ0v) is 13.6. The Morgan fingerprint density at radius 2 is 2.30 bits per heavy atom. The van der Waals surface area contributed by atoms with Crippen LogP contribution >= 0.6 is 34.8 Å². The van der Waals surface area contributed by atoms with Gasteiger partial charge in [-0.3, -0.25) is 4.79 Å². The van der Waals surface area contributed by atoms with Crippen molar-refractivity contribution in [3.63, 3.8) is 0 Å². The maximum absolute atomic E-state index is 13.7. The predicted octanol–water partition coefficient (Wildman–Crippen LogP) is 3.11. The van der Waals surface area contributed by atoms with E-state index in [0.29, 0.717) is 32.9 Å². The number of fused-ring (bicyclic) bond motifs is 1. The highest BCUT2D eigenvalue weighted by Crippen LogP contribution is 2.21. The van der Waals surface area contributed by atoms with Crippen LogP contribution < -0.4 is 5.32 Å². The Labute approximate surface area is 133 Å². The Balaban J connectivity index is 1.83. The second-order valence-corrected chi connectivity index (χ2v) is 6.51. The molecule has 1 aromatic heterocycles. The second kappa shape index (κ2) is 5.44. The maximum atomic E-state index is 13.7. The average Bonchev–Trinajstić information content (AvgIpc) is 3.13. The molecular weight excluding hydrogens is 392 g/mol. The van der Waals surface area contributed by atoms with E-state index in [0.717, 1.165) is 18.4 Å². The van der Waals surface area contributed by atoms with Crippen LogP contribution in [0.15, 0.2) is 12.1 Å². The minimum Gasteiger partial charge on any atom is -0.353 e. The van der Waals surface area contributed by atoms with Crippen molar-refractivity contribution in [2.24, 2.45) is 0 Å². The van der Waals surface area contributed by atoms with Gasteiger partial charge < -0.3 is 14.9 Å². The molecular formula is C13H13FIN3OS. The molecule has 1 saturated carbocycles. The molecule has 7 heteroatoms. The van der Waals surface area contributed by atoms with Gasteiger partial charge >= 0.3 is 0 Å². The van der Waals surface area contributed by atoms with Crippen LogP contribution in [-0.2, 0) is 11.3 Å². The van der Waals surface area contributed by atoms with E-state index >= 15 is 0 Å². The van der Waals surface area contributed by atoms with Gasteiger partial charge in [0, 0.05) is 25.1 Å². The Morgan fingerprint density at radius 1 is 1.55 bits per heavy atom. The molecule has 1 heterocycles. The summed E-state index contributed by atoms with van der Waals surface area (Å²) >= 11 is 7.19. The third-order valence-corrected chi connectivity index (χ3v) is 4.47. The Kier molecular flexibility index (Phi) is 3.80. The number of nitrogens with zero attached hydrogens (tertiary/aromatic N) is 1. The van der Waals surface area contributed by atoms with Gasteiger partial charge in [-0.25, -0.2) is 4.39 Å². The topological polar surface area (TPSA) is 49.8 Å². The Hall–Kier alpha value is -0.960. The first kappa shape index (κ1) is 14.0. The zero-order chi connectivity index (χ0) is 14.3. The van der Waals surface area contributed by atoms with Crippen LogP contribution in [-0.4, -0.2) is 21.5 Å². The van der Waals surface area contributed by atoms with Gasteiger partial charge in [0.25, 0.3) is 0 Å². The van der Waals surface area contributed by atoms with Crippen molar-refractivity contribution in [2.45, 2.75) is 31.8 Å². The molecule has 0 saturated heterocycles. The summed E-state index contributed by atoms with van der Waals surface area (Å²) in [6.07, 6.45) is 2.50. The van der Waals surface area contributed by atoms with Crippen LogP contribution in [0, 0.1) is 14.2 Å². The van der Waals surface area contributed by atoms with Gasteiger partial charge in [0.1, 0.15) is 5.82 Å². The van der Waals surface area contributed by atoms with Crippen molar-refractivity contribution in [3.8, 4) is 0 Å². The van der Waals surface area contributed by atoms with Crippen LogP contribution in [0.4, 0.5) is 4.39 Å². The standard InChI is InChI=1S/C13H13FIN3OS/c14-8-5-11-10(6-9(8)15)17-13(20)18(11)4-3-12(19)16-7-1-2-7/h5-7H,1-4H2,(H,16,19)(H,17,20). The molecule has 0 radical (unpaired) electrons. The van der Waals surface area contributed by atoms with Crippen molar-refractivity contribution < 1.29 is 9.18 Å². The fourth-order valence-electron chi connectivity index (χ4n) is 2.11. The van der Waals surface area contributed by atoms with E-state index in [2.05, 4.69) is 10.3 Å². The number of aromatic amines is 1. The molecule has 0 bridgehead atoms. The summed E-state index contributed by atoms with van der Waals surface area (Å²) in [6, 6.07) is 3.54. The molecule has 106 valence electrons. The second-order valence-electron chi connectivity index (χ2n) is 4.96. The SMILES string of the molecule is O=C(CCn1c(=S)[nH]c2cc(I)c(F)cc21)NC1CC1. The Bertz CT molecular complexity index is 735. The fourth-order valence-corrected chi connectivity index (χ4v) is 2.88. The summed E-state index contributed by atoms with van der Waals surface area (Å²) in [5.41, 5.74) is 1.50. The number of nitrogens with one attached hydrogen (secondary N) is 2. The van der Waals surface area contributed by atoms with Crippen molar-refractivity contribution >= 4 is 51.7 Å². The molecule has 1 aliphatic carbocycles. The van der Waals surface area contributed by atoms with Gasteiger partial charge in [0.15, 0.2) is 4.77 Å². The van der Waals surface area contributed by atoms with Crippen molar-refractivity contribution in [1.29, 1.82) is 0 Å². The number of benzene rings is 1. The number of carbonyl (C=O) groups is 1. The molecule has 1 fully saturated rings. The monoisotopic (exact) mass is 405 g/mol. The van der Waals surface area contributed by atoms with Gasteiger partial charge in [-0.1, -0.05) is 0 Å². The predicted molar refractivity (Wildman–Crippen MR) is 85.6 cm³/mol. The number of hydrogen-bond donors (Lipinski definition) is 2. The summed E-state index contributed by atoms with van der Waals surface area (Å²) < 4.78 is 16.5. The van der Waals surface area contributed by atoms with E-state index in [1.54, 1.807) is 10.6 Å². The van der Waals surface area contributed by atoms with E-state index in [-0.39, 0.29) is 11.7 Å². The largest absolute Gasteiger partial charge is 0.353 e. The lowest BCUT2D eigenvalue weighted by Gasteiger charge is -2.06. The number of hydrogen-bond acceptors (Lipinski definition) is 2. The van der Waals surface area contributed by atoms with E-state index in [1.807, 2.05) is 22.6 Å². The van der Waals surface area contributed by atoms with E-state index in [9.17, 15) is 9.18 Å². The zero-order valence-electron chi connectivity index (χ0n) is 10.6. The van der Waals surface area contributed by atoms with Gasteiger partial charge in [0.2, 0.25) is 5.91 Å². The smallest absolute Gasteiger partial charge is 0.222 e. The third-order valence-electron chi connectivity index (χ3n) is 3.32. The first-order valence-corrected chi connectivity index (χ1v) is 7.90. The lowest BCUT2D eigenvalue weighted by molar-refractivity contribution is -0.121. The van der Waals surface area contributed by atoms with Crippen LogP contribution in [0.25, 0.3) is 11.0 Å². The highest BCUT2D eigenvalue weighted by atomic mass is 127. The number of imidazole rings is 1. The van der Waals surface area contributed by atoms with E-state index in [1.165, 1.54) is 6.07 Å². The van der Waals surface area contributed by atoms with Gasteiger partial charge in [-0.2, -0.15) is 0 Å². The number of aryl methyl sites for hydroxylation is 1.